The fourth-order valence-electron chi connectivity index (χ4n) is 4.19. The van der Waals surface area contributed by atoms with Crippen LogP contribution in [0, 0.1) is 11.8 Å². The lowest BCUT2D eigenvalue weighted by molar-refractivity contribution is -0.137. The van der Waals surface area contributed by atoms with Gasteiger partial charge in [0.05, 0.1) is 11.3 Å². The summed E-state index contributed by atoms with van der Waals surface area (Å²) in [6, 6.07) is 11.8. The number of nitrogens with zero attached hydrogens (tertiary/aromatic N) is 3. The zero-order valence-corrected chi connectivity index (χ0v) is 18.9. The lowest BCUT2D eigenvalue weighted by Crippen LogP contribution is -2.43. The molecule has 0 heterocycles. The van der Waals surface area contributed by atoms with Crippen LogP contribution in [-0.2, 0) is 19.6 Å². The molecule has 0 unspecified atom stereocenters. The first-order valence-electron chi connectivity index (χ1n) is 10.8. The largest absolute Gasteiger partial charge is 0.481 e. The molecule has 1 fully saturated rings. The Kier molecular flexibility index (Phi) is 8.26. The molecule has 2 aromatic carbocycles. The van der Waals surface area contributed by atoms with Gasteiger partial charge in [-0.05, 0) is 48.6 Å². The van der Waals surface area contributed by atoms with E-state index in [4.69, 9.17) is 10.6 Å². The molecule has 1 aliphatic carbocycles. The van der Waals surface area contributed by atoms with Crippen LogP contribution in [0.25, 0.3) is 21.2 Å². The quantitative estimate of drug-likeness (QED) is 0.274. The average Bonchev–Trinajstić information content (AvgIpc) is 2.80. The number of hydrogen-bond acceptors (Lipinski definition) is 5. The van der Waals surface area contributed by atoms with Crippen molar-refractivity contribution in [1.82, 2.24) is 10.0 Å². The standard InChI is InChI=1S/C22H27N5O5S/c23-27-24-14-18(12-21(28)29)26-22(30)17-10-8-15(9-11-17)13-25-33(31,32)20-7-3-5-16-4-1-2-6-19(16)20/h1-7,15,17-18,25H,8-14H2,(H,26,30)(H,28,29)/t15?,17?,18-/m0/s1. The summed E-state index contributed by atoms with van der Waals surface area (Å²) in [6.45, 7) is 0.165. The average molecular weight is 474 g/mol. The number of hydrogen-bond donors (Lipinski definition) is 3. The maximum Gasteiger partial charge on any atom is 0.305 e. The third kappa shape index (κ3) is 6.67. The maximum absolute atomic E-state index is 12.9. The molecule has 11 heteroatoms. The highest BCUT2D eigenvalue weighted by molar-refractivity contribution is 7.89. The van der Waals surface area contributed by atoms with Gasteiger partial charge in [0.25, 0.3) is 0 Å². The number of carboxylic acid groups (broad SMARTS) is 1. The second kappa shape index (κ2) is 11.1. The van der Waals surface area contributed by atoms with Crippen molar-refractivity contribution in [2.75, 3.05) is 13.1 Å². The van der Waals surface area contributed by atoms with E-state index in [0.717, 1.165) is 5.39 Å². The summed E-state index contributed by atoms with van der Waals surface area (Å²) >= 11 is 0. The minimum atomic E-state index is -3.68. The first-order chi connectivity index (χ1) is 15.8. The summed E-state index contributed by atoms with van der Waals surface area (Å²) < 4.78 is 28.5. The molecule has 0 saturated heterocycles. The summed E-state index contributed by atoms with van der Waals surface area (Å²) in [7, 11) is -3.68. The lowest BCUT2D eigenvalue weighted by atomic mass is 9.81. The zero-order chi connectivity index (χ0) is 23.8. The van der Waals surface area contributed by atoms with Crippen molar-refractivity contribution < 1.29 is 23.1 Å². The van der Waals surface area contributed by atoms with Crippen molar-refractivity contribution in [2.45, 2.75) is 43.0 Å². The van der Waals surface area contributed by atoms with Crippen LogP contribution in [0.3, 0.4) is 0 Å². The first-order valence-corrected chi connectivity index (χ1v) is 12.3. The van der Waals surface area contributed by atoms with Crippen LogP contribution in [0.15, 0.2) is 52.5 Å². The highest BCUT2D eigenvalue weighted by Gasteiger charge is 2.29. The molecule has 1 saturated carbocycles. The Bertz CT molecular complexity index is 1150. The number of nitrogens with one attached hydrogen (secondary N) is 2. The van der Waals surface area contributed by atoms with Crippen LogP contribution >= 0.6 is 0 Å². The molecule has 1 atom stereocenters. The van der Waals surface area contributed by atoms with Gasteiger partial charge in [-0.15, -0.1) is 0 Å². The van der Waals surface area contributed by atoms with Crippen LogP contribution in [0.5, 0.6) is 0 Å². The molecule has 3 rings (SSSR count). The SMILES string of the molecule is [N-]=[N+]=NC[C@H](CC(=O)O)NC(=O)C1CCC(CNS(=O)(=O)c2cccc3ccccc23)CC1. The molecule has 1 aliphatic rings. The van der Waals surface area contributed by atoms with E-state index in [-0.39, 0.29) is 35.6 Å². The monoisotopic (exact) mass is 473 g/mol. The number of azide groups is 1. The molecule has 3 N–H and O–H groups in total. The van der Waals surface area contributed by atoms with Crippen molar-refractivity contribution in [3.8, 4) is 0 Å². The fraction of sp³-hybridized carbons (Fsp3) is 0.455. The molecule has 2 aromatic rings. The Hall–Kier alpha value is -3.14. The topological polar surface area (TPSA) is 161 Å². The number of fused-ring (bicyclic) bond motifs is 1. The van der Waals surface area contributed by atoms with Crippen LogP contribution in [-0.4, -0.2) is 44.5 Å². The highest BCUT2D eigenvalue weighted by atomic mass is 32.2. The number of carboxylic acids is 1. The van der Waals surface area contributed by atoms with E-state index in [1.807, 2.05) is 18.2 Å². The molecule has 176 valence electrons. The molecule has 10 nitrogen and oxygen atoms in total. The first kappa shape index (κ1) is 24.5. The third-order valence-electron chi connectivity index (χ3n) is 5.95. The molecular formula is C22H27N5O5S. The van der Waals surface area contributed by atoms with E-state index in [1.165, 1.54) is 0 Å². The number of amides is 1. The Morgan fingerprint density at radius 3 is 2.52 bits per heavy atom. The number of benzene rings is 2. The van der Waals surface area contributed by atoms with Gasteiger partial charge in [0, 0.05) is 35.3 Å². The van der Waals surface area contributed by atoms with Gasteiger partial charge in [-0.25, -0.2) is 13.1 Å². The molecule has 0 aliphatic heterocycles. The van der Waals surface area contributed by atoms with E-state index in [2.05, 4.69) is 20.1 Å². The van der Waals surface area contributed by atoms with Crippen LogP contribution in [0.1, 0.15) is 32.1 Å². The Morgan fingerprint density at radius 2 is 1.82 bits per heavy atom. The van der Waals surface area contributed by atoms with Gasteiger partial charge < -0.3 is 10.4 Å². The number of sulfonamides is 1. The van der Waals surface area contributed by atoms with Crippen LogP contribution < -0.4 is 10.0 Å². The Labute approximate surface area is 192 Å². The molecule has 0 bridgehead atoms. The van der Waals surface area contributed by atoms with Gasteiger partial charge in [-0.2, -0.15) is 0 Å². The predicted molar refractivity (Wildman–Crippen MR) is 123 cm³/mol. The van der Waals surface area contributed by atoms with E-state index < -0.39 is 22.0 Å². The molecular weight excluding hydrogens is 446 g/mol. The molecule has 33 heavy (non-hydrogen) atoms. The Morgan fingerprint density at radius 1 is 1.12 bits per heavy atom. The van der Waals surface area contributed by atoms with Crippen molar-refractivity contribution in [3.05, 3.63) is 52.9 Å². The van der Waals surface area contributed by atoms with E-state index in [1.54, 1.807) is 24.3 Å². The number of carbonyl (C=O) groups excluding carboxylic acids is 1. The van der Waals surface area contributed by atoms with Gasteiger partial charge in [-0.3, -0.25) is 9.59 Å². The lowest BCUT2D eigenvalue weighted by Gasteiger charge is -2.29. The summed E-state index contributed by atoms with van der Waals surface area (Å²) in [5, 5.41) is 16.5. The smallest absolute Gasteiger partial charge is 0.305 e. The number of rotatable bonds is 10. The number of aliphatic carboxylic acids is 1. The minimum absolute atomic E-state index is 0.108. The summed E-state index contributed by atoms with van der Waals surface area (Å²) in [5.74, 6) is -1.52. The Balaban J connectivity index is 1.53. The summed E-state index contributed by atoms with van der Waals surface area (Å²) in [4.78, 5) is 26.4. The molecule has 0 spiro atoms. The van der Waals surface area contributed by atoms with E-state index in [0.29, 0.717) is 37.6 Å². The number of carbonyl (C=O) groups is 2. The highest BCUT2D eigenvalue weighted by Crippen LogP contribution is 2.29. The molecule has 1 amide bonds. The predicted octanol–water partition coefficient (Wildman–Crippen LogP) is 3.19. The van der Waals surface area contributed by atoms with Crippen molar-refractivity contribution >= 4 is 32.7 Å². The fourth-order valence-corrected chi connectivity index (χ4v) is 5.53. The summed E-state index contributed by atoms with van der Waals surface area (Å²) in [6.07, 6.45) is 2.18. The second-order valence-electron chi connectivity index (χ2n) is 8.26. The van der Waals surface area contributed by atoms with Gasteiger partial charge in [0.15, 0.2) is 0 Å². The van der Waals surface area contributed by atoms with Gasteiger partial charge in [0.1, 0.15) is 0 Å². The molecule has 0 aromatic heterocycles. The van der Waals surface area contributed by atoms with Gasteiger partial charge in [0.2, 0.25) is 15.9 Å². The van der Waals surface area contributed by atoms with Gasteiger partial charge in [-0.1, -0.05) is 41.5 Å². The van der Waals surface area contributed by atoms with Crippen molar-refractivity contribution in [2.24, 2.45) is 17.0 Å². The zero-order valence-electron chi connectivity index (χ0n) is 18.1. The van der Waals surface area contributed by atoms with E-state index >= 15 is 0 Å². The van der Waals surface area contributed by atoms with Crippen molar-refractivity contribution in [1.29, 1.82) is 0 Å². The normalized spacial score (nSPS) is 19.4. The maximum atomic E-state index is 12.9. The van der Waals surface area contributed by atoms with Crippen LogP contribution in [0.4, 0.5) is 0 Å². The van der Waals surface area contributed by atoms with Crippen LogP contribution in [0.2, 0.25) is 0 Å². The van der Waals surface area contributed by atoms with Gasteiger partial charge >= 0.3 is 5.97 Å². The second-order valence-corrected chi connectivity index (χ2v) is 10.00. The molecule has 0 radical (unpaired) electrons. The van der Waals surface area contributed by atoms with Crippen molar-refractivity contribution in [3.63, 3.8) is 0 Å². The minimum Gasteiger partial charge on any atom is -0.481 e. The third-order valence-corrected chi connectivity index (χ3v) is 7.43. The van der Waals surface area contributed by atoms with E-state index in [9.17, 15) is 18.0 Å². The summed E-state index contributed by atoms with van der Waals surface area (Å²) in [5.41, 5.74) is 8.44.